The van der Waals surface area contributed by atoms with E-state index in [1.54, 1.807) is 30.3 Å². The van der Waals surface area contributed by atoms with Gasteiger partial charge in [-0.15, -0.1) is 6.58 Å². The molecule has 1 saturated heterocycles. The molecule has 2 amide bonds. The molecule has 1 N–H and O–H groups in total. The lowest BCUT2D eigenvalue weighted by Crippen LogP contribution is -2.38. The van der Waals surface area contributed by atoms with Gasteiger partial charge in [0, 0.05) is 6.54 Å². The van der Waals surface area contributed by atoms with Gasteiger partial charge in [0.25, 0.3) is 5.91 Å². The van der Waals surface area contributed by atoms with Crippen LogP contribution in [0.15, 0.2) is 67.3 Å². The molecule has 1 heterocycles. The molecule has 2 aromatic rings. The zero-order valence-corrected chi connectivity index (χ0v) is 13.1. The number of hydrogen-bond donors (Lipinski definition) is 1. The Labute approximate surface area is 140 Å². The fourth-order valence-corrected chi connectivity index (χ4v) is 2.58. The normalized spacial score (nSPS) is 17.2. The van der Waals surface area contributed by atoms with Crippen LogP contribution in [0.25, 0.3) is 0 Å². The Kier molecular flexibility index (Phi) is 4.72. The predicted molar refractivity (Wildman–Crippen MR) is 92.1 cm³/mol. The number of nitrogens with zero attached hydrogens (tertiary/aromatic N) is 1. The second-order valence-electron chi connectivity index (χ2n) is 5.43. The van der Waals surface area contributed by atoms with E-state index in [2.05, 4.69) is 11.9 Å². The van der Waals surface area contributed by atoms with Crippen molar-refractivity contribution in [1.29, 1.82) is 0 Å². The molecule has 0 bridgehead atoms. The molecule has 0 radical (unpaired) electrons. The van der Waals surface area contributed by atoms with Crippen molar-refractivity contribution >= 4 is 17.5 Å². The fraction of sp³-hybridized carbons (Fsp3) is 0.158. The minimum absolute atomic E-state index is 0.162. The first kappa shape index (κ1) is 16.0. The lowest BCUT2D eigenvalue weighted by atomic mass is 10.2. The van der Waals surface area contributed by atoms with Crippen molar-refractivity contribution in [2.75, 3.05) is 11.4 Å². The smallest absolute Gasteiger partial charge is 0.251 e. The molecule has 1 unspecified atom stereocenters. The molecule has 2 aromatic carbocycles. The van der Waals surface area contributed by atoms with Crippen LogP contribution in [0.2, 0.25) is 0 Å². The molecule has 24 heavy (non-hydrogen) atoms. The van der Waals surface area contributed by atoms with Crippen LogP contribution in [0, 0.1) is 0 Å². The average Bonchev–Trinajstić information content (AvgIpc) is 2.89. The third kappa shape index (κ3) is 3.36. The summed E-state index contributed by atoms with van der Waals surface area (Å²) >= 11 is 0. The van der Waals surface area contributed by atoms with Crippen LogP contribution in [0.3, 0.4) is 0 Å². The number of amides is 2. The van der Waals surface area contributed by atoms with Crippen molar-refractivity contribution in [3.8, 4) is 11.5 Å². The van der Waals surface area contributed by atoms with Crippen molar-refractivity contribution in [1.82, 2.24) is 5.32 Å². The Hall–Kier alpha value is -2.92. The second-order valence-corrected chi connectivity index (χ2v) is 5.43. The lowest BCUT2D eigenvalue weighted by Gasteiger charge is -2.16. The predicted octanol–water partition coefficient (Wildman–Crippen LogP) is 2.89. The highest BCUT2D eigenvalue weighted by molar-refractivity contribution is 6.22. The third-order valence-electron chi connectivity index (χ3n) is 3.73. The van der Waals surface area contributed by atoms with E-state index in [4.69, 9.17) is 4.74 Å². The van der Waals surface area contributed by atoms with Gasteiger partial charge in [-0.05, 0) is 36.4 Å². The van der Waals surface area contributed by atoms with Crippen molar-refractivity contribution < 1.29 is 14.3 Å². The first-order valence-electron chi connectivity index (χ1n) is 7.73. The molecule has 0 aliphatic carbocycles. The summed E-state index contributed by atoms with van der Waals surface area (Å²) in [5.41, 5.74) is 0.549. The molecule has 5 heteroatoms. The van der Waals surface area contributed by atoms with Gasteiger partial charge < -0.3 is 10.1 Å². The Morgan fingerprint density at radius 2 is 1.75 bits per heavy atom. The standard InChI is InChI=1S/C19H18N2O3/c1-2-12-20-17-13-18(22)21(19(17)23)14-8-10-16(11-9-14)24-15-6-4-3-5-7-15/h2-11,17,20H,1,12-13H2. The number of ether oxygens (including phenoxy) is 1. The number of carbonyl (C=O) groups is 2. The van der Waals surface area contributed by atoms with Crippen LogP contribution < -0.4 is 15.0 Å². The van der Waals surface area contributed by atoms with Crippen LogP contribution in [0.4, 0.5) is 5.69 Å². The van der Waals surface area contributed by atoms with Crippen molar-refractivity contribution in [3.05, 3.63) is 67.3 Å². The van der Waals surface area contributed by atoms with E-state index in [1.807, 2.05) is 30.3 Å². The van der Waals surface area contributed by atoms with E-state index in [0.717, 1.165) is 5.75 Å². The number of nitrogens with one attached hydrogen (secondary N) is 1. The summed E-state index contributed by atoms with van der Waals surface area (Å²) in [6, 6.07) is 15.8. The van der Waals surface area contributed by atoms with Gasteiger partial charge in [0.1, 0.15) is 11.5 Å². The number of benzene rings is 2. The van der Waals surface area contributed by atoms with Gasteiger partial charge in [-0.1, -0.05) is 24.3 Å². The number of rotatable bonds is 6. The Morgan fingerprint density at radius 3 is 2.42 bits per heavy atom. The third-order valence-corrected chi connectivity index (χ3v) is 3.73. The highest BCUT2D eigenvalue weighted by atomic mass is 16.5. The number of carbonyl (C=O) groups excluding carboxylic acids is 2. The topological polar surface area (TPSA) is 58.6 Å². The maximum Gasteiger partial charge on any atom is 0.251 e. The summed E-state index contributed by atoms with van der Waals surface area (Å²) < 4.78 is 5.71. The summed E-state index contributed by atoms with van der Waals surface area (Å²) in [4.78, 5) is 25.7. The van der Waals surface area contributed by atoms with E-state index in [9.17, 15) is 9.59 Å². The minimum atomic E-state index is -0.490. The largest absolute Gasteiger partial charge is 0.457 e. The number of anilines is 1. The van der Waals surface area contributed by atoms with Gasteiger partial charge in [-0.3, -0.25) is 9.59 Å². The highest BCUT2D eigenvalue weighted by Gasteiger charge is 2.38. The Balaban J connectivity index is 1.72. The number of imide groups is 1. The van der Waals surface area contributed by atoms with Crippen LogP contribution >= 0.6 is 0 Å². The second kappa shape index (κ2) is 7.10. The van der Waals surface area contributed by atoms with Gasteiger partial charge in [-0.2, -0.15) is 0 Å². The van der Waals surface area contributed by atoms with E-state index in [-0.39, 0.29) is 18.2 Å². The molecule has 0 spiro atoms. The average molecular weight is 322 g/mol. The molecule has 1 fully saturated rings. The van der Waals surface area contributed by atoms with Crippen molar-refractivity contribution in [3.63, 3.8) is 0 Å². The van der Waals surface area contributed by atoms with Crippen LogP contribution in [-0.4, -0.2) is 24.4 Å². The maximum absolute atomic E-state index is 12.4. The van der Waals surface area contributed by atoms with Gasteiger partial charge in [-0.25, -0.2) is 4.90 Å². The quantitative estimate of drug-likeness (QED) is 0.656. The highest BCUT2D eigenvalue weighted by Crippen LogP contribution is 2.27. The Morgan fingerprint density at radius 1 is 1.08 bits per heavy atom. The van der Waals surface area contributed by atoms with Crippen molar-refractivity contribution in [2.24, 2.45) is 0 Å². The van der Waals surface area contributed by atoms with Gasteiger partial charge in [0.05, 0.1) is 18.2 Å². The Bertz CT molecular complexity index is 741. The SMILES string of the molecule is C=CCNC1CC(=O)N(c2ccc(Oc3ccccc3)cc2)C1=O. The van der Waals surface area contributed by atoms with Crippen LogP contribution in [0.1, 0.15) is 6.42 Å². The molecule has 5 nitrogen and oxygen atoms in total. The maximum atomic E-state index is 12.4. The fourth-order valence-electron chi connectivity index (χ4n) is 2.58. The van der Waals surface area contributed by atoms with E-state index < -0.39 is 6.04 Å². The summed E-state index contributed by atoms with van der Waals surface area (Å²) in [5, 5.41) is 3.00. The molecule has 122 valence electrons. The van der Waals surface area contributed by atoms with Gasteiger partial charge in [0.15, 0.2) is 0 Å². The molecular weight excluding hydrogens is 304 g/mol. The molecule has 3 rings (SSSR count). The molecule has 1 aliphatic rings. The van der Waals surface area contributed by atoms with Crippen LogP contribution in [-0.2, 0) is 9.59 Å². The molecule has 0 saturated carbocycles. The molecular formula is C19H18N2O3. The zero-order valence-electron chi connectivity index (χ0n) is 13.1. The summed E-state index contributed by atoms with van der Waals surface area (Å²) in [6.45, 7) is 4.09. The van der Waals surface area contributed by atoms with Crippen molar-refractivity contribution in [2.45, 2.75) is 12.5 Å². The van der Waals surface area contributed by atoms with Gasteiger partial charge >= 0.3 is 0 Å². The minimum Gasteiger partial charge on any atom is -0.457 e. The van der Waals surface area contributed by atoms with Gasteiger partial charge in [0.2, 0.25) is 5.91 Å². The van der Waals surface area contributed by atoms with E-state index in [0.29, 0.717) is 18.0 Å². The summed E-state index contributed by atoms with van der Waals surface area (Å²) in [5.74, 6) is 0.925. The number of para-hydroxylation sites is 1. The number of hydrogen-bond acceptors (Lipinski definition) is 4. The van der Waals surface area contributed by atoms with E-state index in [1.165, 1.54) is 4.90 Å². The summed E-state index contributed by atoms with van der Waals surface area (Å²) in [7, 11) is 0. The monoisotopic (exact) mass is 322 g/mol. The molecule has 1 atom stereocenters. The first-order chi connectivity index (χ1) is 11.7. The summed E-state index contributed by atoms with van der Waals surface area (Å²) in [6.07, 6.45) is 1.82. The molecule has 0 aromatic heterocycles. The lowest BCUT2D eigenvalue weighted by molar-refractivity contribution is -0.121. The molecule has 1 aliphatic heterocycles. The van der Waals surface area contributed by atoms with Crippen LogP contribution in [0.5, 0.6) is 11.5 Å². The zero-order chi connectivity index (χ0) is 16.9. The van der Waals surface area contributed by atoms with E-state index >= 15 is 0 Å². The first-order valence-corrected chi connectivity index (χ1v) is 7.73.